The van der Waals surface area contributed by atoms with Crippen molar-refractivity contribution in [2.24, 2.45) is 0 Å². The third-order valence-corrected chi connectivity index (χ3v) is 4.94. The maximum atomic E-state index is 13.4. The number of benzene rings is 1. The molecule has 2 unspecified atom stereocenters. The molecule has 1 rings (SSSR count). The van der Waals surface area contributed by atoms with E-state index in [2.05, 4.69) is 23.3 Å². The monoisotopic (exact) mass is 467 g/mol. The van der Waals surface area contributed by atoms with E-state index >= 15 is 0 Å². The topological polar surface area (TPSA) is 108 Å². The maximum Gasteiger partial charge on any atom is 0.408 e. The Morgan fingerprint density at radius 1 is 1.19 bits per heavy atom. The molecule has 0 aliphatic carbocycles. The summed E-state index contributed by atoms with van der Waals surface area (Å²) in [5, 5.41) is 15.1. The SMILES string of the molecule is CCCCNC(=O)C(c1ccc(C)cc1)N(CCO)C(=O)C(CS)NC(=O)OC(C)(C)C. The van der Waals surface area contributed by atoms with Crippen molar-refractivity contribution in [3.8, 4) is 0 Å². The molecule has 1 aromatic carbocycles. The van der Waals surface area contributed by atoms with Gasteiger partial charge in [0, 0.05) is 18.8 Å². The summed E-state index contributed by atoms with van der Waals surface area (Å²) in [6, 6.07) is 5.30. The number of aliphatic hydroxyl groups excluding tert-OH is 1. The summed E-state index contributed by atoms with van der Waals surface area (Å²) in [5.74, 6) is -0.881. The summed E-state index contributed by atoms with van der Waals surface area (Å²) in [6.45, 7) is 9.15. The summed E-state index contributed by atoms with van der Waals surface area (Å²) in [7, 11) is 0. The molecule has 0 bridgehead atoms. The molecule has 9 heteroatoms. The Bertz CT molecular complexity index is 749. The second kappa shape index (κ2) is 13.3. The van der Waals surface area contributed by atoms with Gasteiger partial charge >= 0.3 is 6.09 Å². The van der Waals surface area contributed by atoms with Gasteiger partial charge in [0.2, 0.25) is 11.8 Å². The van der Waals surface area contributed by atoms with Gasteiger partial charge in [-0.3, -0.25) is 9.59 Å². The molecule has 0 spiro atoms. The van der Waals surface area contributed by atoms with Gasteiger partial charge in [-0.25, -0.2) is 4.79 Å². The lowest BCUT2D eigenvalue weighted by Gasteiger charge is -2.33. The van der Waals surface area contributed by atoms with Crippen molar-refractivity contribution in [1.82, 2.24) is 15.5 Å². The largest absolute Gasteiger partial charge is 0.444 e. The van der Waals surface area contributed by atoms with Crippen molar-refractivity contribution in [2.75, 3.05) is 25.4 Å². The third-order valence-electron chi connectivity index (χ3n) is 4.58. The van der Waals surface area contributed by atoms with Crippen LogP contribution in [-0.2, 0) is 14.3 Å². The van der Waals surface area contributed by atoms with Crippen LogP contribution in [0.5, 0.6) is 0 Å². The van der Waals surface area contributed by atoms with Crippen LogP contribution in [0.4, 0.5) is 4.79 Å². The molecule has 3 N–H and O–H groups in total. The summed E-state index contributed by atoms with van der Waals surface area (Å²) in [4.78, 5) is 40.0. The fourth-order valence-electron chi connectivity index (χ4n) is 3.02. The maximum absolute atomic E-state index is 13.4. The predicted octanol–water partition coefficient (Wildman–Crippen LogP) is 2.60. The van der Waals surface area contributed by atoms with Crippen molar-refractivity contribution < 1.29 is 24.2 Å². The van der Waals surface area contributed by atoms with Crippen LogP contribution in [-0.4, -0.2) is 65.0 Å². The number of aryl methyl sites for hydroxylation is 1. The summed E-state index contributed by atoms with van der Waals surface area (Å²) in [5.41, 5.74) is 0.892. The first-order valence-electron chi connectivity index (χ1n) is 10.9. The van der Waals surface area contributed by atoms with Crippen LogP contribution in [0.1, 0.15) is 57.7 Å². The van der Waals surface area contributed by atoms with Gasteiger partial charge in [-0.1, -0.05) is 43.2 Å². The minimum atomic E-state index is -1.03. The molecule has 8 nitrogen and oxygen atoms in total. The average molecular weight is 468 g/mol. The molecule has 3 amide bonds. The molecular formula is C23H37N3O5S. The van der Waals surface area contributed by atoms with E-state index in [-0.39, 0.29) is 24.8 Å². The van der Waals surface area contributed by atoms with Gasteiger partial charge in [0.1, 0.15) is 17.7 Å². The molecule has 2 atom stereocenters. The zero-order valence-electron chi connectivity index (χ0n) is 19.7. The van der Waals surface area contributed by atoms with Crippen molar-refractivity contribution in [3.05, 3.63) is 35.4 Å². The van der Waals surface area contributed by atoms with E-state index < -0.39 is 29.7 Å². The number of ether oxygens (including phenoxy) is 1. The Kier molecular flexibility index (Phi) is 11.6. The number of thiol groups is 1. The first-order chi connectivity index (χ1) is 15.0. The molecule has 0 aliphatic rings. The summed E-state index contributed by atoms with van der Waals surface area (Å²) >= 11 is 4.21. The van der Waals surface area contributed by atoms with E-state index in [1.54, 1.807) is 32.9 Å². The van der Waals surface area contributed by atoms with Crippen LogP contribution in [0.3, 0.4) is 0 Å². The van der Waals surface area contributed by atoms with Crippen molar-refractivity contribution in [1.29, 1.82) is 0 Å². The molecule has 1 aromatic rings. The molecule has 0 heterocycles. The minimum absolute atomic E-state index is 0.00191. The van der Waals surface area contributed by atoms with Crippen LogP contribution in [0.25, 0.3) is 0 Å². The highest BCUT2D eigenvalue weighted by molar-refractivity contribution is 7.80. The predicted molar refractivity (Wildman–Crippen MR) is 128 cm³/mol. The van der Waals surface area contributed by atoms with Crippen molar-refractivity contribution >= 4 is 30.5 Å². The number of carbonyl (C=O) groups is 3. The second-order valence-electron chi connectivity index (χ2n) is 8.59. The third kappa shape index (κ3) is 9.08. The number of hydrogen-bond donors (Lipinski definition) is 4. The van der Waals surface area contributed by atoms with E-state index in [0.29, 0.717) is 12.1 Å². The average Bonchev–Trinajstić information content (AvgIpc) is 2.71. The first kappa shape index (κ1) is 27.8. The number of rotatable bonds is 11. The molecular weight excluding hydrogens is 430 g/mol. The first-order valence-corrected chi connectivity index (χ1v) is 11.5. The number of carbonyl (C=O) groups excluding carboxylic acids is 3. The number of hydrogen-bond acceptors (Lipinski definition) is 6. The highest BCUT2D eigenvalue weighted by Gasteiger charge is 2.35. The molecule has 0 saturated heterocycles. The number of aliphatic hydroxyl groups is 1. The Labute approximate surface area is 196 Å². The van der Waals surface area contributed by atoms with Crippen molar-refractivity contribution in [3.63, 3.8) is 0 Å². The highest BCUT2D eigenvalue weighted by Crippen LogP contribution is 2.23. The molecule has 0 fully saturated rings. The normalized spacial score (nSPS) is 13.1. The van der Waals surface area contributed by atoms with Gasteiger partial charge in [-0.2, -0.15) is 12.6 Å². The minimum Gasteiger partial charge on any atom is -0.444 e. The molecule has 0 aromatic heterocycles. The molecule has 180 valence electrons. The van der Waals surface area contributed by atoms with Gasteiger partial charge < -0.3 is 25.4 Å². The van der Waals surface area contributed by atoms with E-state index in [0.717, 1.165) is 18.4 Å². The summed E-state index contributed by atoms with van der Waals surface area (Å²) < 4.78 is 5.25. The Balaban J connectivity index is 3.23. The second-order valence-corrected chi connectivity index (χ2v) is 8.96. The number of alkyl carbamates (subject to hydrolysis) is 1. The van der Waals surface area contributed by atoms with Gasteiger partial charge in [-0.05, 0) is 39.7 Å². The van der Waals surface area contributed by atoms with Gasteiger partial charge in [0.25, 0.3) is 0 Å². The standard InChI is InChI=1S/C23H37N3O5S/c1-6-7-12-24-20(28)19(17-10-8-16(2)9-11-17)26(13-14-27)21(29)18(15-32)25-22(30)31-23(3,4)5/h8-11,18-19,27,32H,6-7,12-15H2,1-5H3,(H,24,28)(H,25,30). The summed E-state index contributed by atoms with van der Waals surface area (Å²) in [6.07, 6.45) is 0.962. The Hall–Kier alpha value is -2.26. The van der Waals surface area contributed by atoms with Crippen LogP contribution in [0.2, 0.25) is 0 Å². The Morgan fingerprint density at radius 3 is 2.31 bits per heavy atom. The highest BCUT2D eigenvalue weighted by atomic mass is 32.1. The smallest absolute Gasteiger partial charge is 0.408 e. The molecule has 32 heavy (non-hydrogen) atoms. The molecule has 0 saturated carbocycles. The lowest BCUT2D eigenvalue weighted by molar-refractivity contribution is -0.142. The van der Waals surface area contributed by atoms with Gasteiger partial charge in [-0.15, -0.1) is 0 Å². The van der Waals surface area contributed by atoms with Crippen LogP contribution < -0.4 is 10.6 Å². The molecule has 0 radical (unpaired) electrons. The molecule has 0 aliphatic heterocycles. The zero-order valence-corrected chi connectivity index (χ0v) is 20.6. The van der Waals surface area contributed by atoms with Crippen molar-refractivity contribution in [2.45, 2.75) is 65.1 Å². The van der Waals surface area contributed by atoms with E-state index in [9.17, 15) is 19.5 Å². The zero-order chi connectivity index (χ0) is 24.3. The number of nitrogens with zero attached hydrogens (tertiary/aromatic N) is 1. The van der Waals surface area contributed by atoms with Crippen LogP contribution >= 0.6 is 12.6 Å². The van der Waals surface area contributed by atoms with Crippen LogP contribution in [0, 0.1) is 6.92 Å². The fourth-order valence-corrected chi connectivity index (χ4v) is 3.26. The van der Waals surface area contributed by atoms with E-state index in [4.69, 9.17) is 4.74 Å². The lowest BCUT2D eigenvalue weighted by Crippen LogP contribution is -2.54. The number of unbranched alkanes of at least 4 members (excludes halogenated alkanes) is 1. The van der Waals surface area contributed by atoms with Crippen LogP contribution in [0.15, 0.2) is 24.3 Å². The van der Waals surface area contributed by atoms with E-state index in [1.807, 2.05) is 26.0 Å². The Morgan fingerprint density at radius 2 is 1.81 bits per heavy atom. The lowest BCUT2D eigenvalue weighted by atomic mass is 10.0. The number of amides is 3. The van der Waals surface area contributed by atoms with Gasteiger partial charge in [0.15, 0.2) is 0 Å². The van der Waals surface area contributed by atoms with Gasteiger partial charge in [0.05, 0.1) is 6.61 Å². The number of nitrogens with one attached hydrogen (secondary N) is 2. The fraction of sp³-hybridized carbons (Fsp3) is 0.609. The van der Waals surface area contributed by atoms with E-state index in [1.165, 1.54) is 4.90 Å². The quantitative estimate of drug-likeness (QED) is 0.296.